The van der Waals surface area contributed by atoms with E-state index in [1.54, 1.807) is 41.3 Å². The number of hydrogen-bond acceptors (Lipinski definition) is 5. The van der Waals surface area contributed by atoms with Gasteiger partial charge in [-0.1, -0.05) is 43.5 Å². The summed E-state index contributed by atoms with van der Waals surface area (Å²) in [6, 6.07) is 9.72. The molecular weight excluding hydrogens is 511 g/mol. The van der Waals surface area contributed by atoms with E-state index >= 15 is 0 Å². The number of pyridine rings is 1. The zero-order valence-electron chi connectivity index (χ0n) is 21.1. The number of ether oxygens (including phenoxy) is 1. The fourth-order valence-corrected chi connectivity index (χ4v) is 4.29. The summed E-state index contributed by atoms with van der Waals surface area (Å²) in [6.45, 7) is 8.80. The number of allylic oxidation sites excluding steroid dienone is 4. The van der Waals surface area contributed by atoms with Gasteiger partial charge in [-0.2, -0.15) is 13.2 Å². The molecule has 2 aliphatic heterocycles. The second kappa shape index (κ2) is 12.0. The van der Waals surface area contributed by atoms with Crippen molar-refractivity contribution in [2.24, 2.45) is 4.99 Å². The first-order valence-electron chi connectivity index (χ1n) is 12.2. The lowest BCUT2D eigenvalue weighted by atomic mass is 10.0. The Labute approximate surface area is 223 Å². The van der Waals surface area contributed by atoms with Crippen LogP contribution in [0.1, 0.15) is 12.0 Å². The molecule has 1 aromatic carbocycles. The number of amides is 1. The zero-order chi connectivity index (χ0) is 28.0. The van der Waals surface area contributed by atoms with Crippen LogP contribution in [0.3, 0.4) is 0 Å². The molecule has 8 nitrogen and oxygen atoms in total. The van der Waals surface area contributed by atoms with Gasteiger partial charge in [-0.25, -0.2) is 0 Å². The van der Waals surface area contributed by atoms with Gasteiger partial charge in [-0.05, 0) is 24.3 Å². The van der Waals surface area contributed by atoms with E-state index in [-0.39, 0.29) is 36.3 Å². The molecule has 1 amide bonds. The molecule has 1 aromatic heterocycles. The Morgan fingerprint density at radius 3 is 2.54 bits per heavy atom. The minimum absolute atomic E-state index is 0.115. The Balaban J connectivity index is 1.88. The summed E-state index contributed by atoms with van der Waals surface area (Å²) in [4.78, 5) is 31.8. The largest absolute Gasteiger partial charge is 0.416 e. The van der Waals surface area contributed by atoms with Crippen LogP contribution in [-0.4, -0.2) is 60.2 Å². The summed E-state index contributed by atoms with van der Waals surface area (Å²) in [5, 5.41) is 6.00. The van der Waals surface area contributed by atoms with Crippen molar-refractivity contribution in [3.63, 3.8) is 0 Å². The number of halogens is 3. The predicted molar refractivity (Wildman–Crippen MR) is 146 cm³/mol. The monoisotopic (exact) mass is 539 g/mol. The van der Waals surface area contributed by atoms with E-state index in [9.17, 15) is 22.8 Å². The van der Waals surface area contributed by atoms with Crippen LogP contribution in [0, 0.1) is 0 Å². The average molecular weight is 540 g/mol. The number of carbonyl (C=O) groups is 1. The lowest BCUT2D eigenvalue weighted by molar-refractivity contribution is -0.133. The molecule has 2 aliphatic rings. The highest BCUT2D eigenvalue weighted by Gasteiger charge is 2.39. The summed E-state index contributed by atoms with van der Waals surface area (Å²) in [5.74, 6) is -0.0865. The molecule has 2 N–H and O–H groups in total. The van der Waals surface area contributed by atoms with Crippen LogP contribution < -0.4 is 16.1 Å². The molecule has 4 rings (SSSR count). The number of amidine groups is 1. The first-order valence-corrected chi connectivity index (χ1v) is 12.2. The van der Waals surface area contributed by atoms with E-state index < -0.39 is 22.7 Å². The summed E-state index contributed by atoms with van der Waals surface area (Å²) in [5.41, 5.74) is -1.52. The molecular formula is C28H28F3N5O3. The van der Waals surface area contributed by atoms with Crippen molar-refractivity contribution in [1.29, 1.82) is 0 Å². The number of morpholine rings is 1. The fraction of sp³-hybridized carbons (Fsp3) is 0.250. The predicted octanol–water partition coefficient (Wildman–Crippen LogP) is 4.52. The molecule has 0 atom stereocenters. The van der Waals surface area contributed by atoms with Crippen LogP contribution in [0.4, 0.5) is 24.8 Å². The Hall–Kier alpha value is -4.38. The SMILES string of the molecule is C=C/C=C(\C=C)Nc1cc(=O)c2c(n1-c1ccccc1)NC(=NCC(=O)N1CCOCC1)CC=C2C(F)(F)F. The van der Waals surface area contributed by atoms with Gasteiger partial charge in [0.15, 0.2) is 5.43 Å². The van der Waals surface area contributed by atoms with Crippen LogP contribution in [0.2, 0.25) is 0 Å². The number of rotatable bonds is 7. The van der Waals surface area contributed by atoms with Crippen molar-refractivity contribution >= 4 is 29.0 Å². The van der Waals surface area contributed by atoms with E-state index in [4.69, 9.17) is 4.74 Å². The molecule has 0 saturated carbocycles. The molecule has 1 saturated heterocycles. The molecule has 3 heterocycles. The van der Waals surface area contributed by atoms with E-state index in [1.807, 2.05) is 0 Å². The molecule has 2 aromatic rings. The molecule has 11 heteroatoms. The van der Waals surface area contributed by atoms with Crippen molar-refractivity contribution < 1.29 is 22.7 Å². The molecule has 39 heavy (non-hydrogen) atoms. The van der Waals surface area contributed by atoms with Crippen LogP contribution in [-0.2, 0) is 9.53 Å². The van der Waals surface area contributed by atoms with Crippen LogP contribution in [0.25, 0.3) is 11.3 Å². The number of aromatic nitrogens is 1. The number of carbonyl (C=O) groups excluding carboxylic acids is 1. The maximum atomic E-state index is 14.3. The van der Waals surface area contributed by atoms with Gasteiger partial charge in [-0.15, -0.1) is 0 Å². The van der Waals surface area contributed by atoms with Gasteiger partial charge in [0.25, 0.3) is 0 Å². The highest BCUT2D eigenvalue weighted by Crippen LogP contribution is 2.39. The maximum Gasteiger partial charge on any atom is 0.416 e. The summed E-state index contributed by atoms with van der Waals surface area (Å²) >= 11 is 0. The first kappa shape index (κ1) is 27.6. The number of hydrogen-bond donors (Lipinski definition) is 2. The number of nitrogens with zero attached hydrogens (tertiary/aromatic N) is 3. The highest BCUT2D eigenvalue weighted by atomic mass is 19.4. The Morgan fingerprint density at radius 1 is 1.18 bits per heavy atom. The molecule has 204 valence electrons. The van der Waals surface area contributed by atoms with E-state index in [0.717, 1.165) is 12.1 Å². The van der Waals surface area contributed by atoms with Gasteiger partial charge in [-0.3, -0.25) is 19.1 Å². The molecule has 0 aliphatic carbocycles. The van der Waals surface area contributed by atoms with Crippen molar-refractivity contribution in [3.05, 3.63) is 95.3 Å². The van der Waals surface area contributed by atoms with Gasteiger partial charge in [0.1, 0.15) is 24.0 Å². The lowest BCUT2D eigenvalue weighted by Gasteiger charge is -2.26. The number of fused-ring (bicyclic) bond motifs is 1. The van der Waals surface area contributed by atoms with Crippen molar-refractivity contribution in [3.8, 4) is 5.69 Å². The van der Waals surface area contributed by atoms with Crippen LogP contribution in [0.5, 0.6) is 0 Å². The lowest BCUT2D eigenvalue weighted by Crippen LogP contribution is -2.42. The molecule has 0 unspecified atom stereocenters. The quantitative estimate of drug-likeness (QED) is 0.505. The minimum atomic E-state index is -4.81. The smallest absolute Gasteiger partial charge is 0.378 e. The number of nitrogens with one attached hydrogen (secondary N) is 2. The third-order valence-corrected chi connectivity index (χ3v) is 6.13. The average Bonchev–Trinajstić information content (AvgIpc) is 3.13. The summed E-state index contributed by atoms with van der Waals surface area (Å²) in [7, 11) is 0. The molecule has 0 spiro atoms. The van der Waals surface area contributed by atoms with E-state index in [1.165, 1.54) is 16.7 Å². The van der Waals surface area contributed by atoms with Crippen molar-refractivity contribution in [2.45, 2.75) is 12.6 Å². The van der Waals surface area contributed by atoms with Crippen molar-refractivity contribution in [1.82, 2.24) is 9.47 Å². The number of alkyl halides is 3. The van der Waals surface area contributed by atoms with Gasteiger partial charge >= 0.3 is 6.18 Å². The molecule has 1 fully saturated rings. The Bertz CT molecular complexity index is 1400. The normalized spacial score (nSPS) is 17.0. The topological polar surface area (TPSA) is 88.0 Å². The standard InChI is InChI=1S/C28H28F3N5O3/c1-3-8-19(4-2)33-24-17-22(37)26-21(28(29,30)31)11-12-23(32-18-25(38)35-13-15-39-16-14-35)34-27(26)36(24)20-9-6-5-7-10-20/h3-11,17,33H,1-2,12-16,18H2,(H,32,34)/b19-8+. The number of aliphatic imine (C=N–C) groups is 1. The fourth-order valence-electron chi connectivity index (χ4n) is 4.29. The van der Waals surface area contributed by atoms with Crippen LogP contribution >= 0.6 is 0 Å². The van der Waals surface area contributed by atoms with E-state index in [0.29, 0.717) is 37.7 Å². The number of anilines is 2. The second-order valence-electron chi connectivity index (χ2n) is 8.68. The van der Waals surface area contributed by atoms with Gasteiger partial charge in [0.05, 0.1) is 24.4 Å². The summed E-state index contributed by atoms with van der Waals surface area (Å²) < 4.78 is 49.5. The number of benzene rings is 1. The third-order valence-electron chi connectivity index (χ3n) is 6.13. The Morgan fingerprint density at radius 2 is 1.90 bits per heavy atom. The van der Waals surface area contributed by atoms with E-state index in [2.05, 4.69) is 28.8 Å². The minimum Gasteiger partial charge on any atom is -0.378 e. The zero-order valence-corrected chi connectivity index (χ0v) is 21.1. The highest BCUT2D eigenvalue weighted by molar-refractivity contribution is 6.02. The number of para-hydroxylation sites is 1. The third kappa shape index (κ3) is 6.37. The maximum absolute atomic E-state index is 14.3. The van der Waals surface area contributed by atoms with Gasteiger partial charge < -0.3 is 20.3 Å². The van der Waals surface area contributed by atoms with Gasteiger partial charge in [0.2, 0.25) is 5.91 Å². The van der Waals surface area contributed by atoms with Crippen LogP contribution in [0.15, 0.2) is 89.3 Å². The second-order valence-corrected chi connectivity index (χ2v) is 8.68. The molecule has 0 radical (unpaired) electrons. The Kier molecular flexibility index (Phi) is 8.50. The summed E-state index contributed by atoms with van der Waals surface area (Å²) in [6.07, 6.45) is 0.464. The molecule has 0 bridgehead atoms. The first-order chi connectivity index (χ1) is 18.7. The van der Waals surface area contributed by atoms with Crippen molar-refractivity contribution in [2.75, 3.05) is 43.5 Å². The van der Waals surface area contributed by atoms with Gasteiger partial charge in [0, 0.05) is 37.0 Å².